The van der Waals surface area contributed by atoms with Crippen molar-refractivity contribution in [2.75, 3.05) is 0 Å². The maximum atomic E-state index is 4.86. The number of aromatic nitrogens is 2. The van der Waals surface area contributed by atoms with E-state index >= 15 is 0 Å². The molecule has 2 rings (SSSR count). The van der Waals surface area contributed by atoms with Crippen LogP contribution in [0.25, 0.3) is 11.0 Å². The molecule has 0 bridgehead atoms. The first-order chi connectivity index (χ1) is 4.92. The van der Waals surface area contributed by atoms with Gasteiger partial charge in [0.05, 0.1) is 5.39 Å². The van der Waals surface area contributed by atoms with Crippen molar-refractivity contribution in [2.24, 2.45) is 4.99 Å². The minimum absolute atomic E-state index is 0.538. The Morgan fingerprint density at radius 1 is 1.60 bits per heavy atom. The highest BCUT2D eigenvalue weighted by atomic mass is 16.5. The van der Waals surface area contributed by atoms with Crippen LogP contribution in [0.1, 0.15) is 0 Å². The molecule has 0 spiro atoms. The molecule has 4 heteroatoms. The second-order valence-electron chi connectivity index (χ2n) is 1.90. The molecule has 2 aromatic heterocycles. The number of H-pyrrole nitrogens is 1. The van der Waals surface area contributed by atoms with E-state index in [0.29, 0.717) is 11.4 Å². The number of nitrogens with zero attached hydrogens (tertiary/aromatic N) is 2. The van der Waals surface area contributed by atoms with E-state index in [2.05, 4.69) is 21.9 Å². The number of hydrogen-bond acceptors (Lipinski definition) is 3. The normalized spacial score (nSPS) is 10.4. The molecule has 0 saturated carbocycles. The first-order valence-electron chi connectivity index (χ1n) is 2.80. The van der Waals surface area contributed by atoms with Crippen LogP contribution < -0.4 is 0 Å². The SMILES string of the molecule is C=Nc1noc2c[nH]cc12. The summed E-state index contributed by atoms with van der Waals surface area (Å²) in [6.45, 7) is 3.35. The van der Waals surface area contributed by atoms with Crippen LogP contribution in [0, 0.1) is 0 Å². The van der Waals surface area contributed by atoms with Gasteiger partial charge in [-0.2, -0.15) is 0 Å². The second kappa shape index (κ2) is 1.70. The fourth-order valence-electron chi connectivity index (χ4n) is 0.855. The Kier molecular flexibility index (Phi) is 0.887. The van der Waals surface area contributed by atoms with Crippen LogP contribution in [-0.4, -0.2) is 16.9 Å². The van der Waals surface area contributed by atoms with E-state index in [1.54, 1.807) is 12.4 Å². The average Bonchev–Trinajstić information content (AvgIpc) is 2.44. The Morgan fingerprint density at radius 2 is 2.50 bits per heavy atom. The molecule has 4 nitrogen and oxygen atoms in total. The Morgan fingerprint density at radius 3 is 3.30 bits per heavy atom. The number of hydrogen-bond donors (Lipinski definition) is 1. The predicted octanol–water partition coefficient (Wildman–Crippen LogP) is 1.49. The lowest BCUT2D eigenvalue weighted by Crippen LogP contribution is -1.58. The van der Waals surface area contributed by atoms with E-state index in [9.17, 15) is 0 Å². The lowest BCUT2D eigenvalue weighted by Gasteiger charge is -1.74. The van der Waals surface area contributed by atoms with Crippen molar-refractivity contribution >= 4 is 23.5 Å². The Balaban J connectivity index is 2.88. The van der Waals surface area contributed by atoms with E-state index in [4.69, 9.17) is 4.52 Å². The zero-order valence-corrected chi connectivity index (χ0v) is 5.16. The standard InChI is InChI=1S/C6H5N3O/c1-7-6-4-2-8-3-5(4)10-9-6/h2-3,8H,1H2. The fourth-order valence-corrected chi connectivity index (χ4v) is 0.855. The van der Waals surface area contributed by atoms with Crippen LogP contribution in [0.4, 0.5) is 5.82 Å². The highest BCUT2D eigenvalue weighted by Crippen LogP contribution is 2.23. The molecule has 2 heterocycles. The summed E-state index contributed by atoms with van der Waals surface area (Å²) in [4.78, 5) is 6.53. The number of aromatic amines is 1. The Hall–Kier alpha value is -1.58. The van der Waals surface area contributed by atoms with Gasteiger partial charge in [-0.15, -0.1) is 0 Å². The molecule has 0 fully saturated rings. The minimum atomic E-state index is 0.538. The van der Waals surface area contributed by atoms with E-state index in [1.165, 1.54) is 0 Å². The molecule has 0 amide bonds. The summed E-state index contributed by atoms with van der Waals surface area (Å²) >= 11 is 0. The third-order valence-electron chi connectivity index (χ3n) is 1.33. The summed E-state index contributed by atoms with van der Waals surface area (Å²) < 4.78 is 4.86. The van der Waals surface area contributed by atoms with E-state index < -0.39 is 0 Å². The predicted molar refractivity (Wildman–Crippen MR) is 37.6 cm³/mol. The highest BCUT2D eigenvalue weighted by Gasteiger charge is 2.04. The zero-order chi connectivity index (χ0) is 6.97. The average molecular weight is 135 g/mol. The van der Waals surface area contributed by atoms with Gasteiger partial charge in [0.1, 0.15) is 0 Å². The molecule has 0 saturated heterocycles. The van der Waals surface area contributed by atoms with Crippen molar-refractivity contribution in [2.45, 2.75) is 0 Å². The van der Waals surface area contributed by atoms with Crippen molar-refractivity contribution < 1.29 is 4.52 Å². The second-order valence-corrected chi connectivity index (χ2v) is 1.90. The van der Waals surface area contributed by atoms with Gasteiger partial charge in [-0.05, 0) is 6.72 Å². The molecule has 1 N–H and O–H groups in total. The molecule has 0 aliphatic rings. The van der Waals surface area contributed by atoms with Crippen LogP contribution in [0.2, 0.25) is 0 Å². The molecule has 0 radical (unpaired) electrons. The molecule has 0 unspecified atom stereocenters. The zero-order valence-electron chi connectivity index (χ0n) is 5.16. The molecule has 50 valence electrons. The number of aliphatic imine (C=N–C) groups is 1. The quantitative estimate of drug-likeness (QED) is 0.602. The molecule has 10 heavy (non-hydrogen) atoms. The lowest BCUT2D eigenvalue weighted by molar-refractivity contribution is 0.458. The van der Waals surface area contributed by atoms with Gasteiger partial charge < -0.3 is 9.51 Å². The lowest BCUT2D eigenvalue weighted by atomic mass is 10.4. The van der Waals surface area contributed by atoms with Crippen LogP contribution >= 0.6 is 0 Å². The summed E-state index contributed by atoms with van der Waals surface area (Å²) in [7, 11) is 0. The Bertz CT molecular complexity index is 360. The summed E-state index contributed by atoms with van der Waals surface area (Å²) in [6.07, 6.45) is 3.49. The van der Waals surface area contributed by atoms with Crippen molar-refractivity contribution in [3.05, 3.63) is 12.4 Å². The summed E-state index contributed by atoms with van der Waals surface area (Å²) in [6, 6.07) is 0. The first kappa shape index (κ1) is 5.22. The van der Waals surface area contributed by atoms with Crippen molar-refractivity contribution in [1.29, 1.82) is 0 Å². The maximum Gasteiger partial charge on any atom is 0.204 e. The molecule has 0 aliphatic heterocycles. The minimum Gasteiger partial charge on any atom is -0.364 e. The van der Waals surface area contributed by atoms with Gasteiger partial charge in [0.25, 0.3) is 0 Å². The summed E-state index contributed by atoms with van der Waals surface area (Å²) in [5.74, 6) is 0.538. The van der Waals surface area contributed by atoms with Crippen molar-refractivity contribution in [3.8, 4) is 0 Å². The molecular formula is C6H5N3O. The first-order valence-corrected chi connectivity index (χ1v) is 2.80. The van der Waals surface area contributed by atoms with Gasteiger partial charge in [0, 0.05) is 12.4 Å². The summed E-state index contributed by atoms with van der Waals surface area (Å²) in [5.41, 5.74) is 0.711. The number of rotatable bonds is 1. The van der Waals surface area contributed by atoms with Crippen LogP contribution in [0.15, 0.2) is 21.9 Å². The van der Waals surface area contributed by atoms with Crippen LogP contribution in [0.5, 0.6) is 0 Å². The van der Waals surface area contributed by atoms with E-state index in [0.717, 1.165) is 5.39 Å². The van der Waals surface area contributed by atoms with Crippen molar-refractivity contribution in [1.82, 2.24) is 10.1 Å². The smallest absolute Gasteiger partial charge is 0.204 e. The van der Waals surface area contributed by atoms with Gasteiger partial charge >= 0.3 is 0 Å². The molecule has 0 aliphatic carbocycles. The van der Waals surface area contributed by atoms with Crippen LogP contribution in [-0.2, 0) is 0 Å². The highest BCUT2D eigenvalue weighted by molar-refractivity contribution is 5.86. The molecule has 0 atom stereocenters. The Labute approximate surface area is 56.5 Å². The summed E-state index contributed by atoms with van der Waals surface area (Å²) in [5, 5.41) is 4.52. The van der Waals surface area contributed by atoms with Crippen LogP contribution in [0.3, 0.4) is 0 Å². The van der Waals surface area contributed by atoms with Gasteiger partial charge in [-0.25, -0.2) is 4.99 Å². The molecule has 2 aromatic rings. The van der Waals surface area contributed by atoms with Gasteiger partial charge in [-0.3, -0.25) is 0 Å². The van der Waals surface area contributed by atoms with Gasteiger partial charge in [0.15, 0.2) is 5.58 Å². The van der Waals surface area contributed by atoms with Gasteiger partial charge in [0.2, 0.25) is 5.82 Å². The fraction of sp³-hybridized carbons (Fsp3) is 0. The monoisotopic (exact) mass is 135 g/mol. The van der Waals surface area contributed by atoms with Crippen molar-refractivity contribution in [3.63, 3.8) is 0 Å². The largest absolute Gasteiger partial charge is 0.364 e. The number of fused-ring (bicyclic) bond motifs is 1. The number of nitrogens with one attached hydrogen (secondary N) is 1. The third kappa shape index (κ3) is 0.500. The van der Waals surface area contributed by atoms with E-state index in [-0.39, 0.29) is 0 Å². The topological polar surface area (TPSA) is 54.2 Å². The van der Waals surface area contributed by atoms with Gasteiger partial charge in [-0.1, -0.05) is 5.16 Å². The molecule has 0 aromatic carbocycles. The molecular weight excluding hydrogens is 130 g/mol. The maximum absolute atomic E-state index is 4.86. The third-order valence-corrected chi connectivity index (χ3v) is 1.33. The van der Waals surface area contributed by atoms with E-state index in [1.807, 2.05) is 0 Å².